The summed E-state index contributed by atoms with van der Waals surface area (Å²) in [7, 11) is 1.67. The number of hydrogen-bond acceptors (Lipinski definition) is 4. The third-order valence-electron chi connectivity index (χ3n) is 3.37. The molecule has 5 heteroatoms. The fourth-order valence-corrected chi connectivity index (χ4v) is 2.66. The molecule has 1 aromatic heterocycles. The summed E-state index contributed by atoms with van der Waals surface area (Å²) in [5.74, 6) is 1.86. The average molecular weight is 306 g/mol. The highest BCUT2D eigenvalue weighted by atomic mass is 35.5. The maximum Gasteiger partial charge on any atom is 0.138 e. The van der Waals surface area contributed by atoms with Crippen molar-refractivity contribution in [3.05, 3.63) is 46.9 Å². The van der Waals surface area contributed by atoms with Crippen LogP contribution >= 0.6 is 11.6 Å². The smallest absolute Gasteiger partial charge is 0.138 e. The standard InChI is InChI=1S/C16H20ClN3O/c1-10(2)14-15(17)18-9-19-16(14)20-11(3)12-7-5-6-8-13(12)21-4/h5-11H,1-4H3,(H,18,19,20). The lowest BCUT2D eigenvalue weighted by Crippen LogP contribution is -2.12. The lowest BCUT2D eigenvalue weighted by Gasteiger charge is -2.20. The van der Waals surface area contributed by atoms with E-state index in [4.69, 9.17) is 16.3 Å². The van der Waals surface area contributed by atoms with Crippen molar-refractivity contribution in [2.45, 2.75) is 32.7 Å². The molecule has 0 bridgehead atoms. The van der Waals surface area contributed by atoms with Crippen LogP contribution in [0.4, 0.5) is 5.82 Å². The van der Waals surface area contributed by atoms with Crippen molar-refractivity contribution in [1.82, 2.24) is 9.97 Å². The van der Waals surface area contributed by atoms with Crippen molar-refractivity contribution in [2.24, 2.45) is 0 Å². The normalized spacial score (nSPS) is 12.3. The van der Waals surface area contributed by atoms with Gasteiger partial charge in [0.2, 0.25) is 0 Å². The molecule has 21 heavy (non-hydrogen) atoms. The highest BCUT2D eigenvalue weighted by Crippen LogP contribution is 2.32. The fraction of sp³-hybridized carbons (Fsp3) is 0.375. The van der Waals surface area contributed by atoms with Crippen LogP contribution in [0.5, 0.6) is 5.75 Å². The van der Waals surface area contributed by atoms with E-state index in [2.05, 4.69) is 36.1 Å². The second kappa shape index (κ2) is 6.76. The maximum atomic E-state index is 6.20. The second-order valence-electron chi connectivity index (χ2n) is 5.19. The van der Waals surface area contributed by atoms with Crippen LogP contribution < -0.4 is 10.1 Å². The van der Waals surface area contributed by atoms with Gasteiger partial charge in [-0.25, -0.2) is 9.97 Å². The van der Waals surface area contributed by atoms with E-state index in [-0.39, 0.29) is 12.0 Å². The van der Waals surface area contributed by atoms with Gasteiger partial charge in [-0.2, -0.15) is 0 Å². The Bertz CT molecular complexity index is 616. The first kappa shape index (κ1) is 15.6. The predicted octanol–water partition coefficient (Wildman–Crippen LogP) is 4.44. The summed E-state index contributed by atoms with van der Waals surface area (Å²) in [4.78, 5) is 8.40. The quantitative estimate of drug-likeness (QED) is 0.830. The van der Waals surface area contributed by atoms with Crippen LogP contribution in [0, 0.1) is 0 Å². The number of halogens is 1. The van der Waals surface area contributed by atoms with Crippen molar-refractivity contribution < 1.29 is 4.74 Å². The van der Waals surface area contributed by atoms with E-state index in [0.717, 1.165) is 22.7 Å². The summed E-state index contributed by atoms with van der Waals surface area (Å²) in [5.41, 5.74) is 2.00. The van der Waals surface area contributed by atoms with E-state index < -0.39 is 0 Å². The number of aromatic nitrogens is 2. The summed E-state index contributed by atoms with van der Waals surface area (Å²) < 4.78 is 5.41. The molecule has 0 aliphatic carbocycles. The summed E-state index contributed by atoms with van der Waals surface area (Å²) in [6.07, 6.45) is 1.48. The lowest BCUT2D eigenvalue weighted by molar-refractivity contribution is 0.408. The van der Waals surface area contributed by atoms with Gasteiger partial charge in [0.15, 0.2) is 0 Å². The van der Waals surface area contributed by atoms with Crippen LogP contribution in [-0.4, -0.2) is 17.1 Å². The van der Waals surface area contributed by atoms with Gasteiger partial charge in [-0.3, -0.25) is 0 Å². The van der Waals surface area contributed by atoms with Gasteiger partial charge in [-0.1, -0.05) is 43.6 Å². The van der Waals surface area contributed by atoms with Crippen molar-refractivity contribution in [1.29, 1.82) is 0 Å². The van der Waals surface area contributed by atoms with Gasteiger partial charge in [0.05, 0.1) is 13.2 Å². The predicted molar refractivity (Wildman–Crippen MR) is 86.2 cm³/mol. The number of anilines is 1. The van der Waals surface area contributed by atoms with Gasteiger partial charge in [0.1, 0.15) is 23.0 Å². The highest BCUT2D eigenvalue weighted by Gasteiger charge is 2.17. The number of methoxy groups -OCH3 is 1. The molecule has 0 amide bonds. The Morgan fingerprint density at radius 1 is 1.14 bits per heavy atom. The number of ether oxygens (including phenoxy) is 1. The van der Waals surface area contributed by atoms with Crippen molar-refractivity contribution in [3.63, 3.8) is 0 Å². The molecule has 4 nitrogen and oxygen atoms in total. The molecule has 1 aromatic carbocycles. The first-order chi connectivity index (χ1) is 10.0. The number of rotatable bonds is 5. The molecule has 1 atom stereocenters. The van der Waals surface area contributed by atoms with Crippen molar-refractivity contribution in [2.75, 3.05) is 12.4 Å². The number of hydrogen-bond donors (Lipinski definition) is 1. The van der Waals surface area contributed by atoms with Crippen LogP contribution in [0.25, 0.3) is 0 Å². The van der Waals surface area contributed by atoms with Crippen molar-refractivity contribution in [3.8, 4) is 5.75 Å². The number of nitrogens with one attached hydrogen (secondary N) is 1. The molecule has 112 valence electrons. The minimum atomic E-state index is 0.0459. The van der Waals surface area contributed by atoms with Crippen LogP contribution in [0.15, 0.2) is 30.6 Å². The number of para-hydroxylation sites is 1. The maximum absolute atomic E-state index is 6.20. The molecule has 1 N–H and O–H groups in total. The van der Waals surface area contributed by atoms with Gasteiger partial charge >= 0.3 is 0 Å². The SMILES string of the molecule is COc1ccccc1C(C)Nc1ncnc(Cl)c1C(C)C. The molecule has 0 spiro atoms. The zero-order valence-electron chi connectivity index (χ0n) is 12.7. The molecule has 0 saturated heterocycles. The molecule has 1 heterocycles. The first-order valence-electron chi connectivity index (χ1n) is 6.94. The van der Waals surface area contributed by atoms with Gasteiger partial charge in [-0.05, 0) is 18.9 Å². The Morgan fingerprint density at radius 3 is 2.52 bits per heavy atom. The molecular weight excluding hydrogens is 286 g/mol. The minimum absolute atomic E-state index is 0.0459. The van der Waals surface area contributed by atoms with Gasteiger partial charge in [-0.15, -0.1) is 0 Å². The fourth-order valence-electron chi connectivity index (χ4n) is 2.31. The molecule has 0 aliphatic heterocycles. The van der Waals surface area contributed by atoms with E-state index in [1.807, 2.05) is 24.3 Å². The summed E-state index contributed by atoms with van der Waals surface area (Å²) >= 11 is 6.20. The molecular formula is C16H20ClN3O. The molecule has 1 unspecified atom stereocenters. The third-order valence-corrected chi connectivity index (χ3v) is 3.67. The Hall–Kier alpha value is -1.81. The van der Waals surface area contributed by atoms with Gasteiger partial charge in [0.25, 0.3) is 0 Å². The largest absolute Gasteiger partial charge is 0.496 e. The van der Waals surface area contributed by atoms with E-state index >= 15 is 0 Å². The van der Waals surface area contributed by atoms with Crippen molar-refractivity contribution >= 4 is 17.4 Å². The molecule has 0 saturated carbocycles. The number of benzene rings is 1. The van der Waals surface area contributed by atoms with E-state index in [0.29, 0.717) is 5.15 Å². The van der Waals surface area contributed by atoms with E-state index in [1.54, 1.807) is 7.11 Å². The molecule has 0 radical (unpaired) electrons. The molecule has 0 fully saturated rings. The number of nitrogens with zero attached hydrogens (tertiary/aromatic N) is 2. The van der Waals surface area contributed by atoms with Gasteiger partial charge in [0, 0.05) is 11.1 Å². The Kier molecular flexibility index (Phi) is 5.02. The Labute approximate surface area is 130 Å². The van der Waals surface area contributed by atoms with Crippen LogP contribution in [0.1, 0.15) is 43.9 Å². The molecule has 0 aliphatic rings. The lowest BCUT2D eigenvalue weighted by atomic mass is 10.0. The second-order valence-corrected chi connectivity index (χ2v) is 5.55. The minimum Gasteiger partial charge on any atom is -0.496 e. The summed E-state index contributed by atoms with van der Waals surface area (Å²) in [5, 5.41) is 3.90. The highest BCUT2D eigenvalue weighted by molar-refractivity contribution is 6.30. The monoisotopic (exact) mass is 305 g/mol. The van der Waals surface area contributed by atoms with E-state index in [1.165, 1.54) is 6.33 Å². The third kappa shape index (κ3) is 3.45. The Morgan fingerprint density at radius 2 is 1.86 bits per heavy atom. The van der Waals surface area contributed by atoms with Crippen LogP contribution in [-0.2, 0) is 0 Å². The zero-order valence-corrected chi connectivity index (χ0v) is 13.5. The average Bonchev–Trinajstić information content (AvgIpc) is 2.46. The molecule has 2 rings (SSSR count). The molecule has 2 aromatic rings. The van der Waals surface area contributed by atoms with Crippen LogP contribution in [0.3, 0.4) is 0 Å². The first-order valence-corrected chi connectivity index (χ1v) is 7.32. The summed E-state index contributed by atoms with van der Waals surface area (Å²) in [6, 6.07) is 7.98. The summed E-state index contributed by atoms with van der Waals surface area (Å²) in [6.45, 7) is 6.21. The van der Waals surface area contributed by atoms with E-state index in [9.17, 15) is 0 Å². The zero-order chi connectivity index (χ0) is 15.4. The van der Waals surface area contributed by atoms with Gasteiger partial charge < -0.3 is 10.1 Å². The topological polar surface area (TPSA) is 47.0 Å². The Balaban J connectivity index is 2.32. The van der Waals surface area contributed by atoms with Crippen LogP contribution in [0.2, 0.25) is 5.15 Å².